The number of aromatic nitrogens is 2. The van der Waals surface area contributed by atoms with Gasteiger partial charge in [-0.15, -0.1) is 11.3 Å². The summed E-state index contributed by atoms with van der Waals surface area (Å²) in [5, 5.41) is 5.68. The molecule has 3 rings (SSSR count). The van der Waals surface area contributed by atoms with Gasteiger partial charge >= 0.3 is 0 Å². The van der Waals surface area contributed by atoms with Crippen molar-refractivity contribution in [2.45, 2.75) is 13.0 Å². The van der Waals surface area contributed by atoms with Crippen LogP contribution < -0.4 is 5.32 Å². The summed E-state index contributed by atoms with van der Waals surface area (Å²) in [6.07, 6.45) is 5.55. The lowest BCUT2D eigenvalue weighted by atomic mass is 10.2. The fraction of sp³-hybridized carbons (Fsp3) is 0.133. The molecule has 20 heavy (non-hydrogen) atoms. The van der Waals surface area contributed by atoms with Gasteiger partial charge in [-0.25, -0.2) is 4.98 Å². The minimum absolute atomic E-state index is 0.260. The van der Waals surface area contributed by atoms with Crippen molar-refractivity contribution in [3.05, 3.63) is 63.8 Å². The molecule has 0 radical (unpaired) electrons. The molecule has 0 amide bonds. The molecule has 0 bridgehead atoms. The van der Waals surface area contributed by atoms with Crippen LogP contribution in [0.5, 0.6) is 0 Å². The van der Waals surface area contributed by atoms with Crippen LogP contribution in [-0.4, -0.2) is 9.55 Å². The highest BCUT2D eigenvalue weighted by atomic mass is 79.9. The Balaban J connectivity index is 1.88. The van der Waals surface area contributed by atoms with Gasteiger partial charge in [0, 0.05) is 27.1 Å². The van der Waals surface area contributed by atoms with Gasteiger partial charge in [0.05, 0.1) is 23.7 Å². The van der Waals surface area contributed by atoms with Gasteiger partial charge in [0.25, 0.3) is 0 Å². The smallest absolute Gasteiger partial charge is 0.0992 e. The molecule has 5 heteroatoms. The SMILES string of the molecule is CC(Nc1ccccc1-n1ccnc1)c1cc(Br)cs1. The van der Waals surface area contributed by atoms with Crippen LogP contribution in [0.3, 0.4) is 0 Å². The maximum Gasteiger partial charge on any atom is 0.0992 e. The highest BCUT2D eigenvalue weighted by Crippen LogP contribution is 2.29. The largest absolute Gasteiger partial charge is 0.376 e. The molecule has 0 saturated heterocycles. The first kappa shape index (κ1) is 13.4. The fourth-order valence-electron chi connectivity index (χ4n) is 2.08. The maximum atomic E-state index is 4.11. The summed E-state index contributed by atoms with van der Waals surface area (Å²) >= 11 is 5.25. The van der Waals surface area contributed by atoms with Crippen LogP contribution in [-0.2, 0) is 0 Å². The van der Waals surface area contributed by atoms with Gasteiger partial charge in [-0.2, -0.15) is 0 Å². The van der Waals surface area contributed by atoms with Crippen LogP contribution in [0, 0.1) is 0 Å². The van der Waals surface area contributed by atoms with Crippen molar-refractivity contribution in [1.29, 1.82) is 0 Å². The van der Waals surface area contributed by atoms with Crippen LogP contribution in [0.4, 0.5) is 5.69 Å². The standard InChI is InChI=1S/C15H14BrN3S/c1-11(15-8-12(16)9-20-15)18-13-4-2-3-5-14(13)19-7-6-17-10-19/h2-11,18H,1H3. The zero-order valence-electron chi connectivity index (χ0n) is 11.0. The topological polar surface area (TPSA) is 29.9 Å². The molecular formula is C15H14BrN3S. The molecule has 2 aromatic heterocycles. The number of halogens is 1. The first-order valence-corrected chi connectivity index (χ1v) is 7.99. The lowest BCUT2D eigenvalue weighted by molar-refractivity contribution is 0.901. The number of thiophene rings is 1. The van der Waals surface area contributed by atoms with E-state index in [9.17, 15) is 0 Å². The number of anilines is 1. The number of hydrogen-bond acceptors (Lipinski definition) is 3. The van der Waals surface area contributed by atoms with E-state index in [0.717, 1.165) is 15.8 Å². The van der Waals surface area contributed by atoms with E-state index in [1.54, 1.807) is 17.5 Å². The van der Waals surface area contributed by atoms with Crippen LogP contribution >= 0.6 is 27.3 Å². The molecule has 0 aliphatic heterocycles. The molecule has 0 aliphatic carbocycles. The van der Waals surface area contributed by atoms with Gasteiger partial charge in [0.2, 0.25) is 0 Å². The van der Waals surface area contributed by atoms with Gasteiger partial charge in [0.1, 0.15) is 0 Å². The predicted octanol–water partition coefficient (Wildman–Crippen LogP) is 4.87. The molecule has 0 fully saturated rings. The molecular weight excluding hydrogens is 334 g/mol. The molecule has 1 aromatic carbocycles. The minimum atomic E-state index is 0.260. The van der Waals surface area contributed by atoms with Gasteiger partial charge in [-0.3, -0.25) is 0 Å². The Hall–Kier alpha value is -1.59. The molecule has 3 nitrogen and oxygen atoms in total. The van der Waals surface area contributed by atoms with Crippen molar-refractivity contribution >= 4 is 33.0 Å². The van der Waals surface area contributed by atoms with Crippen LogP contribution in [0.25, 0.3) is 5.69 Å². The Morgan fingerprint density at radius 1 is 1.35 bits per heavy atom. The van der Waals surface area contributed by atoms with E-state index < -0.39 is 0 Å². The Kier molecular flexibility index (Phi) is 3.89. The van der Waals surface area contributed by atoms with Crippen molar-refractivity contribution in [2.24, 2.45) is 0 Å². The Bertz CT molecular complexity index is 691. The predicted molar refractivity (Wildman–Crippen MR) is 87.6 cm³/mol. The number of imidazole rings is 1. The fourth-order valence-corrected chi connectivity index (χ4v) is 3.54. The molecule has 0 spiro atoms. The molecule has 0 saturated carbocycles. The minimum Gasteiger partial charge on any atom is -0.376 e. The maximum absolute atomic E-state index is 4.11. The van der Waals surface area contributed by atoms with Gasteiger partial charge in [-0.1, -0.05) is 12.1 Å². The van der Waals surface area contributed by atoms with E-state index in [0.29, 0.717) is 0 Å². The first-order chi connectivity index (χ1) is 9.74. The average Bonchev–Trinajstić information content (AvgIpc) is 3.10. The van der Waals surface area contributed by atoms with Crippen molar-refractivity contribution in [3.63, 3.8) is 0 Å². The summed E-state index contributed by atoms with van der Waals surface area (Å²) in [6, 6.07) is 10.7. The number of rotatable bonds is 4. The molecule has 1 atom stereocenters. The molecule has 102 valence electrons. The Labute approximate surface area is 130 Å². The summed E-state index contributed by atoms with van der Waals surface area (Å²) in [5.74, 6) is 0. The van der Waals surface area contributed by atoms with Gasteiger partial charge in [0.15, 0.2) is 0 Å². The summed E-state index contributed by atoms with van der Waals surface area (Å²) in [5.41, 5.74) is 2.20. The Morgan fingerprint density at radius 3 is 2.90 bits per heavy atom. The van der Waals surface area contributed by atoms with E-state index in [-0.39, 0.29) is 6.04 Å². The van der Waals surface area contributed by atoms with Crippen molar-refractivity contribution in [1.82, 2.24) is 9.55 Å². The van der Waals surface area contributed by atoms with Crippen LogP contribution in [0.1, 0.15) is 17.8 Å². The average molecular weight is 348 g/mol. The quantitative estimate of drug-likeness (QED) is 0.729. The summed E-state index contributed by atoms with van der Waals surface area (Å²) in [4.78, 5) is 5.41. The molecule has 0 aliphatic rings. The summed E-state index contributed by atoms with van der Waals surface area (Å²) in [6.45, 7) is 2.17. The van der Waals surface area contributed by atoms with E-state index in [1.165, 1.54) is 4.88 Å². The monoisotopic (exact) mass is 347 g/mol. The third-order valence-corrected chi connectivity index (χ3v) is 4.95. The second-order valence-corrected chi connectivity index (χ2v) is 6.38. The molecule has 2 heterocycles. The second kappa shape index (κ2) is 5.81. The highest BCUT2D eigenvalue weighted by Gasteiger charge is 2.10. The van der Waals surface area contributed by atoms with Crippen molar-refractivity contribution < 1.29 is 0 Å². The van der Waals surface area contributed by atoms with E-state index in [1.807, 2.05) is 29.2 Å². The number of hydrogen-bond donors (Lipinski definition) is 1. The lowest BCUT2D eigenvalue weighted by Crippen LogP contribution is -2.07. The summed E-state index contributed by atoms with van der Waals surface area (Å²) < 4.78 is 3.15. The van der Waals surface area contributed by atoms with Crippen molar-refractivity contribution in [3.8, 4) is 5.69 Å². The van der Waals surface area contributed by atoms with Crippen LogP contribution in [0.15, 0.2) is 58.9 Å². The van der Waals surface area contributed by atoms with Crippen molar-refractivity contribution in [2.75, 3.05) is 5.32 Å². The first-order valence-electron chi connectivity index (χ1n) is 6.32. The highest BCUT2D eigenvalue weighted by molar-refractivity contribution is 9.10. The lowest BCUT2D eigenvalue weighted by Gasteiger charge is -2.17. The zero-order chi connectivity index (χ0) is 13.9. The van der Waals surface area contributed by atoms with E-state index >= 15 is 0 Å². The second-order valence-electron chi connectivity index (χ2n) is 4.52. The van der Waals surface area contributed by atoms with Gasteiger partial charge < -0.3 is 9.88 Å². The zero-order valence-corrected chi connectivity index (χ0v) is 13.4. The molecule has 3 aromatic rings. The third kappa shape index (κ3) is 2.78. The third-order valence-electron chi connectivity index (χ3n) is 3.07. The molecule has 1 N–H and O–H groups in total. The number of benzene rings is 1. The Morgan fingerprint density at radius 2 is 2.20 bits per heavy atom. The van der Waals surface area contributed by atoms with Gasteiger partial charge in [-0.05, 0) is 41.1 Å². The van der Waals surface area contributed by atoms with Crippen LogP contribution in [0.2, 0.25) is 0 Å². The number of para-hydroxylation sites is 2. The van der Waals surface area contributed by atoms with E-state index in [2.05, 4.69) is 56.7 Å². The number of nitrogens with one attached hydrogen (secondary N) is 1. The van der Waals surface area contributed by atoms with E-state index in [4.69, 9.17) is 0 Å². The normalized spacial score (nSPS) is 12.3. The number of nitrogens with zero attached hydrogens (tertiary/aromatic N) is 2. The molecule has 1 unspecified atom stereocenters. The summed E-state index contributed by atoms with van der Waals surface area (Å²) in [7, 11) is 0.